The van der Waals surface area contributed by atoms with Gasteiger partial charge in [-0.3, -0.25) is 4.90 Å². The number of fused-ring (bicyclic) bond motifs is 3. The summed E-state index contributed by atoms with van der Waals surface area (Å²) in [6, 6.07) is 1.93. The minimum atomic E-state index is 0.308. The highest BCUT2D eigenvalue weighted by molar-refractivity contribution is 5.14. The molecular formula is C13H20N2O2. The van der Waals surface area contributed by atoms with Gasteiger partial charge in [0.1, 0.15) is 11.9 Å². The standard InChI is InChI=1S/C13H20N2O2/c1-9(2)11-7-13(14-17-11)16-12-8-15-5-3-10(12)4-6-15/h7,9-10,12H,3-6,8H2,1-2H3. The molecule has 1 unspecified atom stereocenters. The van der Waals surface area contributed by atoms with E-state index in [0.717, 1.165) is 12.3 Å². The Morgan fingerprint density at radius 1 is 1.41 bits per heavy atom. The predicted octanol–water partition coefficient (Wildman–Crippen LogP) is 2.27. The Morgan fingerprint density at radius 2 is 2.18 bits per heavy atom. The van der Waals surface area contributed by atoms with Gasteiger partial charge < -0.3 is 9.26 Å². The maximum atomic E-state index is 5.97. The smallest absolute Gasteiger partial charge is 0.254 e. The number of nitrogens with zero attached hydrogens (tertiary/aromatic N) is 2. The highest BCUT2D eigenvalue weighted by Gasteiger charge is 2.36. The second-order valence-electron chi connectivity index (χ2n) is 5.52. The van der Waals surface area contributed by atoms with Gasteiger partial charge in [-0.15, -0.1) is 0 Å². The summed E-state index contributed by atoms with van der Waals surface area (Å²) in [5.74, 6) is 2.64. The van der Waals surface area contributed by atoms with E-state index in [9.17, 15) is 0 Å². The molecular weight excluding hydrogens is 216 g/mol. The zero-order valence-corrected chi connectivity index (χ0v) is 10.6. The summed E-state index contributed by atoms with van der Waals surface area (Å²) in [4.78, 5) is 2.48. The van der Waals surface area contributed by atoms with Crippen LogP contribution in [0.5, 0.6) is 5.88 Å². The molecule has 0 spiro atoms. The van der Waals surface area contributed by atoms with Crippen molar-refractivity contribution in [2.45, 2.75) is 38.7 Å². The first-order valence-corrected chi connectivity index (χ1v) is 6.58. The lowest BCUT2D eigenvalue weighted by atomic mass is 9.86. The van der Waals surface area contributed by atoms with Crippen LogP contribution in [0, 0.1) is 5.92 Å². The number of rotatable bonds is 3. The molecule has 3 saturated heterocycles. The Bertz CT molecular complexity index is 381. The van der Waals surface area contributed by atoms with Gasteiger partial charge >= 0.3 is 0 Å². The monoisotopic (exact) mass is 236 g/mol. The maximum Gasteiger partial charge on any atom is 0.254 e. The molecule has 3 aliphatic rings. The van der Waals surface area contributed by atoms with Crippen LogP contribution in [0.4, 0.5) is 0 Å². The molecule has 0 saturated carbocycles. The maximum absolute atomic E-state index is 5.97. The van der Waals surface area contributed by atoms with Gasteiger partial charge in [0.2, 0.25) is 0 Å². The second-order valence-corrected chi connectivity index (χ2v) is 5.52. The molecule has 2 bridgehead atoms. The number of piperidine rings is 3. The van der Waals surface area contributed by atoms with Crippen LogP contribution in [-0.4, -0.2) is 35.8 Å². The van der Waals surface area contributed by atoms with Gasteiger partial charge in [0, 0.05) is 18.5 Å². The Hall–Kier alpha value is -1.03. The highest BCUT2D eigenvalue weighted by Crippen LogP contribution is 2.31. The summed E-state index contributed by atoms with van der Waals surface area (Å²) in [6.45, 7) is 7.72. The number of hydrogen-bond donors (Lipinski definition) is 0. The lowest BCUT2D eigenvalue weighted by Gasteiger charge is -2.43. The zero-order chi connectivity index (χ0) is 11.8. The molecule has 3 fully saturated rings. The number of hydrogen-bond acceptors (Lipinski definition) is 4. The molecule has 4 heteroatoms. The molecule has 0 amide bonds. The molecule has 4 rings (SSSR count). The van der Waals surface area contributed by atoms with E-state index in [1.165, 1.54) is 25.9 Å². The summed E-state index contributed by atoms with van der Waals surface area (Å²) in [6.07, 6.45) is 2.83. The van der Waals surface area contributed by atoms with Crippen LogP contribution < -0.4 is 4.74 Å². The van der Waals surface area contributed by atoms with E-state index in [-0.39, 0.29) is 0 Å². The molecule has 4 nitrogen and oxygen atoms in total. The van der Waals surface area contributed by atoms with E-state index >= 15 is 0 Å². The molecule has 3 aliphatic heterocycles. The summed E-state index contributed by atoms with van der Waals surface area (Å²) in [5.41, 5.74) is 0. The second kappa shape index (κ2) is 4.33. The van der Waals surface area contributed by atoms with Gasteiger partial charge in [-0.25, -0.2) is 0 Å². The molecule has 1 atom stereocenters. The fraction of sp³-hybridized carbons (Fsp3) is 0.769. The number of aromatic nitrogens is 1. The topological polar surface area (TPSA) is 38.5 Å². The molecule has 94 valence electrons. The van der Waals surface area contributed by atoms with E-state index in [4.69, 9.17) is 9.26 Å². The van der Waals surface area contributed by atoms with Crippen molar-refractivity contribution in [1.82, 2.24) is 10.1 Å². The van der Waals surface area contributed by atoms with Crippen LogP contribution in [-0.2, 0) is 0 Å². The van der Waals surface area contributed by atoms with Gasteiger partial charge in [-0.05, 0) is 37.0 Å². The normalized spacial score (nSPS) is 32.1. The van der Waals surface area contributed by atoms with E-state index < -0.39 is 0 Å². The quantitative estimate of drug-likeness (QED) is 0.807. The fourth-order valence-electron chi connectivity index (χ4n) is 2.80. The predicted molar refractivity (Wildman–Crippen MR) is 64.2 cm³/mol. The summed E-state index contributed by atoms with van der Waals surface area (Å²) >= 11 is 0. The Morgan fingerprint density at radius 3 is 2.71 bits per heavy atom. The van der Waals surface area contributed by atoms with Crippen molar-refractivity contribution in [3.63, 3.8) is 0 Å². The first kappa shape index (κ1) is 11.1. The van der Waals surface area contributed by atoms with Crippen molar-refractivity contribution in [1.29, 1.82) is 0 Å². The van der Waals surface area contributed by atoms with E-state index in [2.05, 4.69) is 23.9 Å². The lowest BCUT2D eigenvalue weighted by Crippen LogP contribution is -2.52. The SMILES string of the molecule is CC(C)c1cc(OC2CN3CCC2CC3)no1. The van der Waals surface area contributed by atoms with Gasteiger partial charge in [0.15, 0.2) is 0 Å². The largest absolute Gasteiger partial charge is 0.471 e. The highest BCUT2D eigenvalue weighted by atomic mass is 16.5. The molecule has 0 aliphatic carbocycles. The van der Waals surface area contributed by atoms with E-state index in [0.29, 0.717) is 23.8 Å². The van der Waals surface area contributed by atoms with Crippen molar-refractivity contribution in [3.8, 4) is 5.88 Å². The molecule has 0 N–H and O–H groups in total. The van der Waals surface area contributed by atoms with E-state index in [1.807, 2.05) is 6.07 Å². The van der Waals surface area contributed by atoms with Crippen molar-refractivity contribution < 1.29 is 9.26 Å². The van der Waals surface area contributed by atoms with Crippen molar-refractivity contribution in [2.24, 2.45) is 5.92 Å². The lowest BCUT2D eigenvalue weighted by molar-refractivity contribution is -0.0113. The third-order valence-corrected chi connectivity index (χ3v) is 3.94. The Balaban J connectivity index is 1.66. The summed E-state index contributed by atoms with van der Waals surface area (Å²) in [5, 5.41) is 4.00. The van der Waals surface area contributed by atoms with Crippen LogP contribution in [0.3, 0.4) is 0 Å². The van der Waals surface area contributed by atoms with Crippen LogP contribution in [0.2, 0.25) is 0 Å². The molecule has 0 aromatic carbocycles. The Labute approximate surface area is 102 Å². The molecule has 1 aromatic heterocycles. The molecule has 4 heterocycles. The van der Waals surface area contributed by atoms with Crippen molar-refractivity contribution in [3.05, 3.63) is 11.8 Å². The Kier molecular flexibility index (Phi) is 2.82. The van der Waals surface area contributed by atoms with Crippen LogP contribution in [0.1, 0.15) is 38.4 Å². The minimum Gasteiger partial charge on any atom is -0.471 e. The average Bonchev–Trinajstić information content (AvgIpc) is 2.79. The zero-order valence-electron chi connectivity index (χ0n) is 10.6. The summed E-state index contributed by atoms with van der Waals surface area (Å²) in [7, 11) is 0. The fourth-order valence-corrected chi connectivity index (χ4v) is 2.80. The van der Waals surface area contributed by atoms with Crippen LogP contribution in [0.15, 0.2) is 10.6 Å². The van der Waals surface area contributed by atoms with Gasteiger partial charge in [-0.2, -0.15) is 0 Å². The third kappa shape index (κ3) is 2.18. The van der Waals surface area contributed by atoms with Crippen LogP contribution in [0.25, 0.3) is 0 Å². The molecule has 0 radical (unpaired) electrons. The van der Waals surface area contributed by atoms with Crippen molar-refractivity contribution >= 4 is 0 Å². The van der Waals surface area contributed by atoms with Crippen LogP contribution >= 0.6 is 0 Å². The van der Waals surface area contributed by atoms with Gasteiger partial charge in [0.25, 0.3) is 5.88 Å². The van der Waals surface area contributed by atoms with Gasteiger partial charge in [0.05, 0.1) is 0 Å². The molecule has 1 aromatic rings. The summed E-state index contributed by atoms with van der Waals surface area (Å²) < 4.78 is 11.2. The minimum absolute atomic E-state index is 0.308. The van der Waals surface area contributed by atoms with Gasteiger partial charge in [-0.1, -0.05) is 13.8 Å². The van der Waals surface area contributed by atoms with Crippen molar-refractivity contribution in [2.75, 3.05) is 19.6 Å². The van der Waals surface area contributed by atoms with E-state index in [1.54, 1.807) is 0 Å². The number of ether oxygens (including phenoxy) is 1. The first-order chi connectivity index (χ1) is 8.22. The average molecular weight is 236 g/mol. The third-order valence-electron chi connectivity index (χ3n) is 3.94. The first-order valence-electron chi connectivity index (χ1n) is 6.58. The molecule has 17 heavy (non-hydrogen) atoms.